The van der Waals surface area contributed by atoms with E-state index >= 15 is 0 Å². The first-order chi connectivity index (χ1) is 10.8. The summed E-state index contributed by atoms with van der Waals surface area (Å²) < 4.78 is 0. The fourth-order valence-electron chi connectivity index (χ4n) is 3.19. The van der Waals surface area contributed by atoms with Gasteiger partial charge in [-0.2, -0.15) is 0 Å². The zero-order valence-electron chi connectivity index (χ0n) is 12.8. The second kappa shape index (κ2) is 5.41. The highest BCUT2D eigenvalue weighted by Gasteiger charge is 2.15. The molecule has 0 fully saturated rings. The van der Waals surface area contributed by atoms with Crippen LogP contribution in [-0.2, 0) is 0 Å². The van der Waals surface area contributed by atoms with Crippen LogP contribution in [0.4, 0.5) is 0 Å². The van der Waals surface area contributed by atoms with Crippen molar-refractivity contribution < 1.29 is 0 Å². The first kappa shape index (κ1) is 13.3. The van der Waals surface area contributed by atoms with E-state index in [-0.39, 0.29) is 0 Å². The molecule has 0 radical (unpaired) electrons. The van der Waals surface area contributed by atoms with Crippen molar-refractivity contribution in [3.8, 4) is 11.3 Å². The van der Waals surface area contributed by atoms with Crippen LogP contribution in [0.15, 0.2) is 42.5 Å². The Labute approximate surface area is 130 Å². The van der Waals surface area contributed by atoms with Gasteiger partial charge in [0, 0.05) is 5.69 Å². The van der Waals surface area contributed by atoms with Gasteiger partial charge in [-0.1, -0.05) is 36.4 Å². The first-order valence-electron chi connectivity index (χ1n) is 7.93. The second-order valence-electron chi connectivity index (χ2n) is 5.90. The van der Waals surface area contributed by atoms with Crippen LogP contribution in [-0.4, -0.2) is 15.0 Å². The maximum atomic E-state index is 4.72. The van der Waals surface area contributed by atoms with Gasteiger partial charge in [-0.05, 0) is 49.8 Å². The van der Waals surface area contributed by atoms with Gasteiger partial charge in [0.1, 0.15) is 5.82 Å². The van der Waals surface area contributed by atoms with Gasteiger partial charge < -0.3 is 4.98 Å². The predicted molar refractivity (Wildman–Crippen MR) is 90.5 cm³/mol. The Morgan fingerprint density at radius 3 is 2.68 bits per heavy atom. The van der Waals surface area contributed by atoms with Crippen LogP contribution in [0, 0.1) is 6.92 Å². The van der Waals surface area contributed by atoms with Gasteiger partial charge >= 0.3 is 0 Å². The van der Waals surface area contributed by atoms with Gasteiger partial charge in [0.15, 0.2) is 0 Å². The number of nitrogens with one attached hydrogen (secondary N) is 1. The molecule has 0 saturated heterocycles. The molecule has 1 aromatic carbocycles. The molecule has 0 spiro atoms. The molecule has 1 aliphatic carbocycles. The zero-order valence-corrected chi connectivity index (χ0v) is 12.8. The van der Waals surface area contributed by atoms with Crippen LogP contribution in [0.5, 0.6) is 0 Å². The Balaban J connectivity index is 1.90. The van der Waals surface area contributed by atoms with E-state index in [1.54, 1.807) is 0 Å². The van der Waals surface area contributed by atoms with Crippen molar-refractivity contribution in [2.75, 3.05) is 0 Å². The fraction of sp³-hybridized carbons (Fsp3) is 0.263. The lowest BCUT2D eigenvalue weighted by atomic mass is 9.96. The van der Waals surface area contributed by atoms with Gasteiger partial charge in [-0.3, -0.25) is 0 Å². The minimum absolute atomic E-state index is 0.840. The highest BCUT2D eigenvalue weighted by molar-refractivity contribution is 5.91. The Morgan fingerprint density at radius 2 is 1.91 bits per heavy atom. The van der Waals surface area contributed by atoms with Crippen molar-refractivity contribution in [3.63, 3.8) is 0 Å². The molecule has 0 amide bonds. The SMILES string of the molecule is Cc1nc(C2=CCCCC2)c2[nH]c(-c3ccccc3)cc2n1. The van der Waals surface area contributed by atoms with E-state index in [2.05, 4.69) is 46.4 Å². The molecule has 3 aromatic rings. The Morgan fingerprint density at radius 1 is 1.05 bits per heavy atom. The minimum atomic E-state index is 0.840. The zero-order chi connectivity index (χ0) is 14.9. The quantitative estimate of drug-likeness (QED) is 0.729. The third-order valence-corrected chi connectivity index (χ3v) is 4.27. The number of rotatable bonds is 2. The van der Waals surface area contributed by atoms with Crippen molar-refractivity contribution >= 4 is 16.6 Å². The van der Waals surface area contributed by atoms with E-state index in [1.807, 2.05) is 13.0 Å². The minimum Gasteiger partial charge on any atom is -0.351 e. The Bertz CT molecular complexity index is 844. The molecule has 3 nitrogen and oxygen atoms in total. The van der Waals surface area contributed by atoms with Gasteiger partial charge in [0.2, 0.25) is 0 Å². The summed E-state index contributed by atoms with van der Waals surface area (Å²) in [6, 6.07) is 12.5. The Kier molecular flexibility index (Phi) is 3.26. The molecular weight excluding hydrogens is 270 g/mol. The third kappa shape index (κ3) is 2.33. The van der Waals surface area contributed by atoms with E-state index in [1.165, 1.54) is 24.0 Å². The number of hydrogen-bond donors (Lipinski definition) is 1. The summed E-state index contributed by atoms with van der Waals surface area (Å²) in [4.78, 5) is 12.9. The van der Waals surface area contributed by atoms with Crippen molar-refractivity contribution in [2.45, 2.75) is 32.6 Å². The summed E-state index contributed by atoms with van der Waals surface area (Å²) in [5, 5.41) is 0. The lowest BCUT2D eigenvalue weighted by Gasteiger charge is -2.13. The molecule has 110 valence electrons. The number of benzene rings is 1. The van der Waals surface area contributed by atoms with Crippen LogP contribution in [0.1, 0.15) is 37.2 Å². The molecule has 0 bridgehead atoms. The number of allylic oxidation sites excluding steroid dienone is 2. The molecule has 4 rings (SSSR count). The number of H-pyrrole nitrogens is 1. The molecule has 1 N–H and O–H groups in total. The number of fused-ring (bicyclic) bond motifs is 1. The van der Waals surface area contributed by atoms with Crippen molar-refractivity contribution in [1.29, 1.82) is 0 Å². The van der Waals surface area contributed by atoms with E-state index in [9.17, 15) is 0 Å². The van der Waals surface area contributed by atoms with Gasteiger partial charge in [-0.15, -0.1) is 0 Å². The molecule has 0 aliphatic heterocycles. The van der Waals surface area contributed by atoms with Crippen LogP contribution in [0.2, 0.25) is 0 Å². The van der Waals surface area contributed by atoms with Crippen LogP contribution in [0.3, 0.4) is 0 Å². The van der Waals surface area contributed by atoms with E-state index in [0.29, 0.717) is 0 Å². The molecule has 2 aromatic heterocycles. The van der Waals surface area contributed by atoms with Crippen LogP contribution < -0.4 is 0 Å². The van der Waals surface area contributed by atoms with Gasteiger partial charge in [0.05, 0.1) is 16.7 Å². The molecular formula is C19H19N3. The number of aromatic nitrogens is 3. The van der Waals surface area contributed by atoms with Crippen molar-refractivity contribution in [2.24, 2.45) is 0 Å². The lowest BCUT2D eigenvalue weighted by molar-refractivity contribution is 0.739. The summed E-state index contributed by atoms with van der Waals surface area (Å²) in [6.45, 7) is 1.97. The number of aryl methyl sites for hydroxylation is 1. The maximum absolute atomic E-state index is 4.72. The molecule has 1 aliphatic rings. The largest absolute Gasteiger partial charge is 0.351 e. The van der Waals surface area contributed by atoms with Crippen molar-refractivity contribution in [3.05, 3.63) is 54.0 Å². The summed E-state index contributed by atoms with van der Waals surface area (Å²) in [5.41, 5.74) is 6.81. The molecule has 22 heavy (non-hydrogen) atoms. The van der Waals surface area contributed by atoms with Gasteiger partial charge in [-0.25, -0.2) is 9.97 Å². The van der Waals surface area contributed by atoms with E-state index < -0.39 is 0 Å². The summed E-state index contributed by atoms with van der Waals surface area (Å²) >= 11 is 0. The summed E-state index contributed by atoms with van der Waals surface area (Å²) in [7, 11) is 0. The van der Waals surface area contributed by atoms with E-state index in [0.717, 1.165) is 41.1 Å². The topological polar surface area (TPSA) is 41.6 Å². The first-order valence-corrected chi connectivity index (χ1v) is 7.93. The summed E-state index contributed by atoms with van der Waals surface area (Å²) in [5.74, 6) is 0.840. The average molecular weight is 289 g/mol. The molecule has 2 heterocycles. The summed E-state index contributed by atoms with van der Waals surface area (Å²) in [6.07, 6.45) is 7.16. The predicted octanol–water partition coefficient (Wildman–Crippen LogP) is 4.89. The number of aromatic amines is 1. The molecule has 0 atom stereocenters. The highest BCUT2D eigenvalue weighted by atomic mass is 14.9. The molecule has 3 heteroatoms. The molecule has 0 unspecified atom stereocenters. The highest BCUT2D eigenvalue weighted by Crippen LogP contribution is 2.32. The normalized spacial score (nSPS) is 15.0. The lowest BCUT2D eigenvalue weighted by Crippen LogP contribution is -1.99. The number of hydrogen-bond acceptors (Lipinski definition) is 2. The van der Waals surface area contributed by atoms with Gasteiger partial charge in [0.25, 0.3) is 0 Å². The smallest absolute Gasteiger partial charge is 0.126 e. The average Bonchev–Trinajstić information content (AvgIpc) is 2.99. The Hall–Kier alpha value is -2.42. The van der Waals surface area contributed by atoms with Crippen molar-refractivity contribution in [1.82, 2.24) is 15.0 Å². The van der Waals surface area contributed by atoms with Crippen LogP contribution in [0.25, 0.3) is 27.9 Å². The fourth-order valence-corrected chi connectivity index (χ4v) is 3.19. The van der Waals surface area contributed by atoms with Crippen LogP contribution >= 0.6 is 0 Å². The molecule has 0 saturated carbocycles. The number of nitrogens with zero attached hydrogens (tertiary/aromatic N) is 2. The van der Waals surface area contributed by atoms with E-state index in [4.69, 9.17) is 4.98 Å². The third-order valence-electron chi connectivity index (χ3n) is 4.27. The standard InChI is InChI=1S/C19H19N3/c1-13-20-17-12-16(14-8-4-2-5-9-14)22-19(17)18(21-13)15-10-6-3-7-11-15/h2,4-5,8-10,12,22H,3,6-7,11H2,1H3. The maximum Gasteiger partial charge on any atom is 0.126 e. The second-order valence-corrected chi connectivity index (χ2v) is 5.90. The monoisotopic (exact) mass is 289 g/mol.